The number of ether oxygens (including phenoxy) is 5. The Morgan fingerprint density at radius 2 is 1.79 bits per heavy atom. The van der Waals surface area contributed by atoms with E-state index < -0.39 is 93.8 Å². The topological polar surface area (TPSA) is 155 Å². The molecule has 5 heterocycles. The molecule has 12 atom stereocenters. The zero-order valence-electron chi connectivity index (χ0n) is 24.9. The number of Topliss-reactive ketones (excluding diaryl/α,β-unsaturated/α-hetero) is 2. The normalized spacial score (nSPS) is 51.8. The third kappa shape index (κ3) is 3.29. The fourth-order valence-corrected chi connectivity index (χ4v) is 9.92. The molecule has 5 fully saturated rings. The number of hydrogen-bond acceptors (Lipinski definition) is 11. The molecular weight excluding hydrogens is 548 g/mol. The molecule has 2 bridgehead atoms. The minimum atomic E-state index is -2.05. The van der Waals surface area contributed by atoms with Gasteiger partial charge in [0.05, 0.1) is 42.4 Å². The summed E-state index contributed by atoms with van der Waals surface area (Å²) >= 11 is 0. The molecule has 1 saturated carbocycles. The van der Waals surface area contributed by atoms with Gasteiger partial charge >= 0.3 is 11.9 Å². The van der Waals surface area contributed by atoms with Crippen LogP contribution in [0.25, 0.3) is 0 Å². The zero-order valence-corrected chi connectivity index (χ0v) is 24.9. The van der Waals surface area contributed by atoms with Gasteiger partial charge in [0.25, 0.3) is 0 Å². The zero-order chi connectivity index (χ0) is 30.4. The summed E-state index contributed by atoms with van der Waals surface area (Å²) < 4.78 is 30.7. The van der Waals surface area contributed by atoms with Crippen LogP contribution < -0.4 is 0 Å². The van der Waals surface area contributed by atoms with Gasteiger partial charge in [-0.25, -0.2) is 4.79 Å². The summed E-state index contributed by atoms with van der Waals surface area (Å²) in [6.07, 6.45) is -2.94. The minimum absolute atomic E-state index is 0.0208. The van der Waals surface area contributed by atoms with Crippen molar-refractivity contribution in [1.29, 1.82) is 0 Å². The first kappa shape index (κ1) is 28.6. The molecular formula is C31H40O11. The first-order valence-electron chi connectivity index (χ1n) is 15.2. The number of carbonyl (C=O) groups excluding carboxylic acids is 4. The van der Waals surface area contributed by atoms with E-state index in [1.807, 2.05) is 20.8 Å². The second-order valence-electron chi connectivity index (χ2n) is 14.4. The summed E-state index contributed by atoms with van der Waals surface area (Å²) in [4.78, 5) is 54.2. The van der Waals surface area contributed by atoms with Crippen LogP contribution in [0.5, 0.6) is 0 Å². The quantitative estimate of drug-likeness (QED) is 0.364. The number of esters is 2. The van der Waals surface area contributed by atoms with Crippen molar-refractivity contribution in [2.24, 2.45) is 29.1 Å². The second-order valence-corrected chi connectivity index (χ2v) is 14.4. The van der Waals surface area contributed by atoms with Gasteiger partial charge < -0.3 is 33.9 Å². The van der Waals surface area contributed by atoms with E-state index in [0.29, 0.717) is 12.8 Å². The highest BCUT2D eigenvalue weighted by Crippen LogP contribution is 2.70. The van der Waals surface area contributed by atoms with Gasteiger partial charge in [-0.3, -0.25) is 14.4 Å². The van der Waals surface area contributed by atoms with Crippen LogP contribution >= 0.6 is 0 Å². The molecule has 4 saturated heterocycles. The second kappa shape index (κ2) is 8.50. The number of hydrogen-bond donors (Lipinski definition) is 2. The highest BCUT2D eigenvalue weighted by atomic mass is 16.7. The van der Waals surface area contributed by atoms with Crippen LogP contribution in [-0.2, 0) is 42.9 Å². The number of fused-ring (bicyclic) bond motifs is 2. The van der Waals surface area contributed by atoms with Crippen LogP contribution in [0, 0.1) is 29.1 Å². The van der Waals surface area contributed by atoms with Gasteiger partial charge in [-0.15, -0.1) is 0 Å². The van der Waals surface area contributed by atoms with Crippen molar-refractivity contribution < 1.29 is 53.1 Å². The van der Waals surface area contributed by atoms with Crippen molar-refractivity contribution in [2.75, 3.05) is 6.61 Å². The van der Waals surface area contributed by atoms with Crippen LogP contribution in [0.2, 0.25) is 0 Å². The fraction of sp³-hybridized carbons (Fsp3) is 0.806. The predicted octanol–water partition coefficient (Wildman–Crippen LogP) is 1.55. The molecule has 0 amide bonds. The van der Waals surface area contributed by atoms with Gasteiger partial charge in [-0.05, 0) is 58.1 Å². The molecule has 0 radical (unpaired) electrons. The van der Waals surface area contributed by atoms with E-state index in [1.165, 1.54) is 6.92 Å². The van der Waals surface area contributed by atoms with Crippen molar-refractivity contribution >= 4 is 23.5 Å². The molecule has 2 spiro atoms. The minimum Gasteiger partial charge on any atom is -0.466 e. The molecule has 2 N–H and O–H groups in total. The Morgan fingerprint density at radius 1 is 1.07 bits per heavy atom. The highest BCUT2D eigenvalue weighted by Gasteiger charge is 2.82. The first-order chi connectivity index (χ1) is 19.5. The molecule has 0 unspecified atom stereocenters. The Morgan fingerprint density at radius 3 is 2.48 bits per heavy atom. The summed E-state index contributed by atoms with van der Waals surface area (Å²) in [7, 11) is 0. The maximum Gasteiger partial charge on any atom is 0.341 e. The lowest BCUT2D eigenvalue weighted by molar-refractivity contribution is -0.336. The van der Waals surface area contributed by atoms with Gasteiger partial charge in [0, 0.05) is 29.6 Å². The van der Waals surface area contributed by atoms with E-state index in [2.05, 4.69) is 0 Å². The molecule has 7 aliphatic rings. The van der Waals surface area contributed by atoms with Gasteiger partial charge in [0.2, 0.25) is 11.6 Å². The van der Waals surface area contributed by atoms with Crippen LogP contribution in [0.4, 0.5) is 0 Å². The lowest BCUT2D eigenvalue weighted by atomic mass is 9.60. The number of aliphatic hydroxyl groups excluding tert-OH is 1. The standard InChI is InChI=1S/C31H40O11/c1-7-38-18(33)11-17-14-12-30-9-8-28(5)22-19(13(2)23(28)34)21-25(29(6,37)26(36)39-21)41-31(22,42-30)24(35)20(30)16(32)10-15(14)27(3,4)40-17/h13,16-17,19-22,25,32,37H,7-12H2,1-6H3/t13-,16-,17+,19+,20-,21+,22-,25-,28-,29+,30-,31-/m0/s1. The third-order valence-corrected chi connectivity index (χ3v) is 11.7. The van der Waals surface area contributed by atoms with Gasteiger partial charge in [0.15, 0.2) is 5.60 Å². The molecule has 42 heavy (non-hydrogen) atoms. The molecule has 230 valence electrons. The van der Waals surface area contributed by atoms with E-state index >= 15 is 0 Å². The number of ketones is 2. The summed E-state index contributed by atoms with van der Waals surface area (Å²) in [5, 5.41) is 23.0. The van der Waals surface area contributed by atoms with Crippen LogP contribution in [0.3, 0.4) is 0 Å². The lowest BCUT2D eigenvalue weighted by Crippen LogP contribution is -2.66. The summed E-state index contributed by atoms with van der Waals surface area (Å²) in [5.41, 5.74) is -3.49. The molecule has 2 aliphatic carbocycles. The lowest BCUT2D eigenvalue weighted by Gasteiger charge is -2.50. The van der Waals surface area contributed by atoms with Crippen LogP contribution in [0.15, 0.2) is 11.1 Å². The van der Waals surface area contributed by atoms with Crippen LogP contribution in [0.1, 0.15) is 73.6 Å². The van der Waals surface area contributed by atoms with E-state index in [-0.39, 0.29) is 31.7 Å². The Labute approximate surface area is 244 Å². The van der Waals surface area contributed by atoms with E-state index in [0.717, 1.165) is 11.1 Å². The molecule has 0 aromatic carbocycles. The fourth-order valence-electron chi connectivity index (χ4n) is 9.92. The van der Waals surface area contributed by atoms with Crippen molar-refractivity contribution in [1.82, 2.24) is 0 Å². The predicted molar refractivity (Wildman–Crippen MR) is 141 cm³/mol. The van der Waals surface area contributed by atoms with E-state index in [1.54, 1.807) is 13.8 Å². The largest absolute Gasteiger partial charge is 0.466 e. The third-order valence-electron chi connectivity index (χ3n) is 11.7. The average molecular weight is 589 g/mol. The van der Waals surface area contributed by atoms with Crippen LogP contribution in [-0.4, -0.2) is 87.3 Å². The van der Waals surface area contributed by atoms with Gasteiger partial charge in [0.1, 0.15) is 18.0 Å². The molecule has 0 aromatic heterocycles. The maximum absolute atomic E-state index is 14.8. The molecule has 11 heteroatoms. The van der Waals surface area contributed by atoms with Gasteiger partial charge in [-0.2, -0.15) is 0 Å². The Bertz CT molecular complexity index is 1330. The summed E-state index contributed by atoms with van der Waals surface area (Å²) in [5.74, 6) is -6.71. The van der Waals surface area contributed by atoms with Crippen molar-refractivity contribution in [2.45, 2.75) is 121 Å². The molecule has 0 aromatic rings. The highest BCUT2D eigenvalue weighted by molar-refractivity contribution is 5.98. The summed E-state index contributed by atoms with van der Waals surface area (Å²) in [6, 6.07) is 0. The monoisotopic (exact) mass is 588 g/mol. The Kier molecular flexibility index (Phi) is 5.79. The van der Waals surface area contributed by atoms with Gasteiger partial charge in [-0.1, -0.05) is 13.8 Å². The van der Waals surface area contributed by atoms with Crippen molar-refractivity contribution in [3.05, 3.63) is 11.1 Å². The Balaban J connectivity index is 1.37. The molecule has 7 rings (SSSR count). The summed E-state index contributed by atoms with van der Waals surface area (Å²) in [6.45, 7) is 10.6. The van der Waals surface area contributed by atoms with Crippen molar-refractivity contribution in [3.63, 3.8) is 0 Å². The smallest absolute Gasteiger partial charge is 0.341 e. The number of carbonyl (C=O) groups is 4. The maximum atomic E-state index is 14.8. The first-order valence-corrected chi connectivity index (χ1v) is 15.2. The van der Waals surface area contributed by atoms with E-state index in [4.69, 9.17) is 23.7 Å². The Hall–Kier alpha value is -2.18. The SMILES string of the molecule is CCOC(=O)C[C@H]1OC(C)(C)C2=C1C[C@]13CC[C@]4(C)C(=O)[C@@H](C)[C@@H]5[C@H]6OC(=O)[C@](C)(O)[C@H]6O[C@@](O1)(C(=O)[C@@H]3[C@@H](O)C2)[C@@H]54. The molecule has 5 aliphatic heterocycles. The average Bonchev–Trinajstić information content (AvgIpc) is 3.36. The van der Waals surface area contributed by atoms with Crippen molar-refractivity contribution in [3.8, 4) is 0 Å². The van der Waals surface area contributed by atoms with E-state index in [9.17, 15) is 29.4 Å². The molecule has 11 nitrogen and oxygen atoms in total. The number of rotatable bonds is 3. The number of aliphatic hydroxyl groups is 2.